The zero-order valence-electron chi connectivity index (χ0n) is 17.2. The topological polar surface area (TPSA) is 48.0 Å². The van der Waals surface area contributed by atoms with Crippen LogP contribution in [-0.2, 0) is 22.6 Å². The van der Waals surface area contributed by atoms with E-state index in [1.807, 2.05) is 69.3 Å². The van der Waals surface area contributed by atoms with Crippen molar-refractivity contribution in [1.82, 2.24) is 4.90 Å². The summed E-state index contributed by atoms with van der Waals surface area (Å²) in [6.45, 7) is 7.75. The van der Waals surface area contributed by atoms with E-state index in [9.17, 15) is 4.79 Å². The van der Waals surface area contributed by atoms with Crippen LogP contribution >= 0.6 is 15.9 Å². The molecule has 1 unspecified atom stereocenters. The zero-order valence-corrected chi connectivity index (χ0v) is 18.8. The third-order valence-corrected chi connectivity index (χ3v) is 4.96. The van der Waals surface area contributed by atoms with Crippen LogP contribution in [0.25, 0.3) is 0 Å². The molecule has 3 rings (SSSR count). The monoisotopic (exact) mass is 461 g/mol. The standard InChI is InChI=1S/C23H28BrNO4/c1-23(2,3)29-22(26)25(20-9-10-27-16-20)14-18-11-19(24)13-21(12-18)28-15-17-7-5-4-6-8-17/h4-8,11-13,20H,9-10,14-16H2,1-3H3. The van der Waals surface area contributed by atoms with Gasteiger partial charge in [-0.1, -0.05) is 46.3 Å². The SMILES string of the molecule is CC(C)(C)OC(=O)N(Cc1cc(Br)cc(OCc2ccccc2)c1)C1CCOC1. The molecular formula is C23H28BrNO4. The molecule has 1 heterocycles. The lowest BCUT2D eigenvalue weighted by molar-refractivity contribution is 0.0126. The van der Waals surface area contributed by atoms with Crippen LogP contribution in [0.1, 0.15) is 38.3 Å². The van der Waals surface area contributed by atoms with Crippen LogP contribution in [0.2, 0.25) is 0 Å². The van der Waals surface area contributed by atoms with Crippen molar-refractivity contribution in [2.45, 2.75) is 52.0 Å². The number of ether oxygens (including phenoxy) is 3. The van der Waals surface area contributed by atoms with E-state index < -0.39 is 5.60 Å². The Morgan fingerprint density at radius 1 is 1.17 bits per heavy atom. The second-order valence-electron chi connectivity index (χ2n) is 8.20. The summed E-state index contributed by atoms with van der Waals surface area (Å²) < 4.78 is 18.0. The first-order chi connectivity index (χ1) is 13.8. The highest BCUT2D eigenvalue weighted by Crippen LogP contribution is 2.26. The second-order valence-corrected chi connectivity index (χ2v) is 9.11. The Bertz CT molecular complexity index is 813. The smallest absolute Gasteiger partial charge is 0.410 e. The summed E-state index contributed by atoms with van der Waals surface area (Å²) in [5.74, 6) is 0.755. The minimum absolute atomic E-state index is 0.0116. The van der Waals surface area contributed by atoms with E-state index in [-0.39, 0.29) is 12.1 Å². The zero-order chi connectivity index (χ0) is 20.9. The summed E-state index contributed by atoms with van der Waals surface area (Å²) >= 11 is 3.56. The Hall–Kier alpha value is -2.05. The normalized spacial score (nSPS) is 16.5. The van der Waals surface area contributed by atoms with Crippen molar-refractivity contribution < 1.29 is 19.0 Å². The molecule has 0 aromatic heterocycles. The van der Waals surface area contributed by atoms with Gasteiger partial charge in [-0.3, -0.25) is 4.90 Å². The van der Waals surface area contributed by atoms with Crippen molar-refractivity contribution in [2.24, 2.45) is 0 Å². The van der Waals surface area contributed by atoms with Crippen LogP contribution in [0.4, 0.5) is 4.79 Å². The Morgan fingerprint density at radius 3 is 2.59 bits per heavy atom. The molecule has 1 aliphatic heterocycles. The van der Waals surface area contributed by atoms with Gasteiger partial charge in [0.25, 0.3) is 0 Å². The Morgan fingerprint density at radius 2 is 1.93 bits per heavy atom. The molecule has 29 heavy (non-hydrogen) atoms. The van der Waals surface area contributed by atoms with E-state index in [4.69, 9.17) is 14.2 Å². The number of halogens is 1. The molecule has 1 saturated heterocycles. The molecule has 0 spiro atoms. The molecule has 0 saturated carbocycles. The molecule has 156 valence electrons. The average molecular weight is 462 g/mol. The number of amides is 1. The average Bonchev–Trinajstić information content (AvgIpc) is 3.18. The van der Waals surface area contributed by atoms with Gasteiger partial charge in [0.05, 0.1) is 12.6 Å². The van der Waals surface area contributed by atoms with E-state index in [0.29, 0.717) is 26.4 Å². The van der Waals surface area contributed by atoms with Crippen LogP contribution in [0.15, 0.2) is 53.0 Å². The van der Waals surface area contributed by atoms with Gasteiger partial charge >= 0.3 is 6.09 Å². The summed E-state index contributed by atoms with van der Waals surface area (Å²) in [5.41, 5.74) is 1.53. The first kappa shape index (κ1) is 21.7. The molecule has 1 atom stereocenters. The van der Waals surface area contributed by atoms with E-state index in [1.54, 1.807) is 4.90 Å². The fourth-order valence-corrected chi connectivity index (χ4v) is 3.68. The van der Waals surface area contributed by atoms with Gasteiger partial charge in [0, 0.05) is 17.6 Å². The summed E-state index contributed by atoms with van der Waals surface area (Å²) in [4.78, 5) is 14.6. The molecule has 0 N–H and O–H groups in total. The lowest BCUT2D eigenvalue weighted by atomic mass is 10.1. The van der Waals surface area contributed by atoms with E-state index in [1.165, 1.54) is 0 Å². The molecule has 0 radical (unpaired) electrons. The number of rotatable bonds is 6. The molecule has 1 aliphatic rings. The van der Waals surface area contributed by atoms with Crippen molar-refractivity contribution in [1.29, 1.82) is 0 Å². The second kappa shape index (κ2) is 9.63. The van der Waals surface area contributed by atoms with Crippen LogP contribution in [0.3, 0.4) is 0 Å². The first-order valence-electron chi connectivity index (χ1n) is 9.84. The van der Waals surface area contributed by atoms with Crippen molar-refractivity contribution >= 4 is 22.0 Å². The van der Waals surface area contributed by atoms with Gasteiger partial charge < -0.3 is 14.2 Å². The van der Waals surface area contributed by atoms with Gasteiger partial charge in [-0.25, -0.2) is 4.79 Å². The molecule has 0 bridgehead atoms. The molecule has 5 nitrogen and oxygen atoms in total. The van der Waals surface area contributed by atoms with Gasteiger partial charge in [-0.15, -0.1) is 0 Å². The fourth-order valence-electron chi connectivity index (χ4n) is 3.16. The molecule has 2 aromatic carbocycles. The van der Waals surface area contributed by atoms with E-state index in [2.05, 4.69) is 15.9 Å². The quantitative estimate of drug-likeness (QED) is 0.565. The molecule has 0 aliphatic carbocycles. The molecular weight excluding hydrogens is 434 g/mol. The highest BCUT2D eigenvalue weighted by atomic mass is 79.9. The molecule has 1 amide bonds. The molecule has 1 fully saturated rings. The van der Waals surface area contributed by atoms with E-state index >= 15 is 0 Å². The highest BCUT2D eigenvalue weighted by Gasteiger charge is 2.31. The van der Waals surface area contributed by atoms with Crippen molar-refractivity contribution in [3.63, 3.8) is 0 Å². The molecule has 6 heteroatoms. The van der Waals surface area contributed by atoms with Crippen molar-refractivity contribution in [3.8, 4) is 5.75 Å². The van der Waals surface area contributed by atoms with Gasteiger partial charge in [-0.2, -0.15) is 0 Å². The largest absolute Gasteiger partial charge is 0.489 e. The van der Waals surface area contributed by atoms with Crippen LogP contribution < -0.4 is 4.74 Å². The summed E-state index contributed by atoms with van der Waals surface area (Å²) in [5, 5.41) is 0. The lowest BCUT2D eigenvalue weighted by Crippen LogP contribution is -2.43. The predicted molar refractivity (Wildman–Crippen MR) is 116 cm³/mol. The number of carbonyl (C=O) groups is 1. The van der Waals surface area contributed by atoms with Crippen LogP contribution in [-0.4, -0.2) is 35.8 Å². The minimum Gasteiger partial charge on any atom is -0.489 e. The van der Waals surface area contributed by atoms with Crippen LogP contribution in [0.5, 0.6) is 5.75 Å². The summed E-state index contributed by atoms with van der Waals surface area (Å²) in [7, 11) is 0. The number of carbonyl (C=O) groups excluding carboxylic acids is 1. The fraction of sp³-hybridized carbons (Fsp3) is 0.435. The van der Waals surface area contributed by atoms with Gasteiger partial charge in [0.15, 0.2) is 0 Å². The number of hydrogen-bond acceptors (Lipinski definition) is 4. The maximum absolute atomic E-state index is 12.8. The van der Waals surface area contributed by atoms with E-state index in [0.717, 1.165) is 27.8 Å². The third-order valence-electron chi connectivity index (χ3n) is 4.51. The summed E-state index contributed by atoms with van der Waals surface area (Å²) in [6, 6.07) is 16.0. The maximum atomic E-state index is 12.8. The maximum Gasteiger partial charge on any atom is 0.410 e. The van der Waals surface area contributed by atoms with Crippen LogP contribution in [0, 0.1) is 0 Å². The van der Waals surface area contributed by atoms with Gasteiger partial charge in [0.1, 0.15) is 18.0 Å². The van der Waals surface area contributed by atoms with Crippen molar-refractivity contribution in [2.75, 3.05) is 13.2 Å². The van der Waals surface area contributed by atoms with Gasteiger partial charge in [-0.05, 0) is 56.5 Å². The number of nitrogens with zero attached hydrogens (tertiary/aromatic N) is 1. The lowest BCUT2D eigenvalue weighted by Gasteiger charge is -2.31. The first-order valence-corrected chi connectivity index (χ1v) is 10.6. The Labute approximate surface area is 181 Å². The highest BCUT2D eigenvalue weighted by molar-refractivity contribution is 9.10. The molecule has 2 aromatic rings. The minimum atomic E-state index is -0.546. The van der Waals surface area contributed by atoms with Gasteiger partial charge in [0.2, 0.25) is 0 Å². The third kappa shape index (κ3) is 6.75. The number of hydrogen-bond donors (Lipinski definition) is 0. The predicted octanol–water partition coefficient (Wildman–Crippen LogP) is 5.55. The number of benzene rings is 2. The Kier molecular flexibility index (Phi) is 7.19. The Balaban J connectivity index is 1.74. The summed E-state index contributed by atoms with van der Waals surface area (Å²) in [6.07, 6.45) is 0.490. The van der Waals surface area contributed by atoms with Crippen molar-refractivity contribution in [3.05, 3.63) is 64.1 Å².